The normalized spacial score (nSPS) is 16.6. The first-order valence-corrected chi connectivity index (χ1v) is 15.0. The van der Waals surface area contributed by atoms with Crippen LogP contribution in [-0.4, -0.2) is 78.9 Å². The molecule has 4 amide bonds. The molecule has 5 rings (SSSR count). The molecule has 4 N–H and O–H groups in total. The number of fused-ring (bicyclic) bond motifs is 2. The molecule has 0 saturated carbocycles. The van der Waals surface area contributed by atoms with E-state index in [9.17, 15) is 14.4 Å². The van der Waals surface area contributed by atoms with E-state index in [1.54, 1.807) is 4.90 Å². The number of carbonyl (C=O) groups is 3. The first-order valence-electron chi connectivity index (χ1n) is 14.2. The van der Waals surface area contributed by atoms with Crippen LogP contribution in [0.15, 0.2) is 34.9 Å². The Balaban J connectivity index is 0.000000189. The zero-order chi connectivity index (χ0) is 28.9. The van der Waals surface area contributed by atoms with Gasteiger partial charge in [0.2, 0.25) is 12.3 Å². The van der Waals surface area contributed by atoms with Crippen LogP contribution < -0.4 is 16.4 Å². The molecule has 40 heavy (non-hydrogen) atoms. The summed E-state index contributed by atoms with van der Waals surface area (Å²) in [5.74, 6) is 0.664. The van der Waals surface area contributed by atoms with Gasteiger partial charge >= 0.3 is 6.03 Å². The van der Waals surface area contributed by atoms with Gasteiger partial charge in [0.15, 0.2) is 0 Å². The van der Waals surface area contributed by atoms with Gasteiger partial charge in [0.1, 0.15) is 0 Å². The Bertz CT molecular complexity index is 1080. The van der Waals surface area contributed by atoms with Crippen LogP contribution in [0.3, 0.4) is 0 Å². The molecule has 10 heteroatoms. The predicted octanol–water partition coefficient (Wildman–Crippen LogP) is 3.19. The van der Waals surface area contributed by atoms with E-state index in [1.165, 1.54) is 27.9 Å². The van der Waals surface area contributed by atoms with Crippen LogP contribution in [-0.2, 0) is 28.9 Å². The number of primary amides is 1. The average Bonchev–Trinajstić information content (AvgIpc) is 3.13. The predicted molar refractivity (Wildman–Crippen MR) is 161 cm³/mol. The van der Waals surface area contributed by atoms with Gasteiger partial charge in [-0.1, -0.05) is 23.8 Å². The number of hydrogen-bond donors (Lipinski definition) is 3. The van der Waals surface area contributed by atoms with E-state index in [-0.39, 0.29) is 11.9 Å². The lowest BCUT2D eigenvalue weighted by molar-refractivity contribution is -0.133. The summed E-state index contributed by atoms with van der Waals surface area (Å²) in [6.07, 6.45) is 8.17. The van der Waals surface area contributed by atoms with E-state index in [1.807, 2.05) is 18.0 Å². The zero-order valence-corrected chi connectivity index (χ0v) is 25.3. The van der Waals surface area contributed by atoms with Crippen molar-refractivity contribution >= 4 is 34.3 Å². The number of nitrogens with zero attached hydrogens (tertiary/aromatic N) is 3. The van der Waals surface area contributed by atoms with E-state index >= 15 is 0 Å². The van der Waals surface area contributed by atoms with Crippen LogP contribution in [0.5, 0.6) is 0 Å². The molecule has 218 valence electrons. The second-order valence-electron chi connectivity index (χ2n) is 10.5. The molecule has 2 saturated heterocycles. The van der Waals surface area contributed by atoms with Crippen LogP contribution in [0.25, 0.3) is 0 Å². The van der Waals surface area contributed by atoms with E-state index < -0.39 is 0 Å². The quantitative estimate of drug-likeness (QED) is 0.457. The molecule has 0 spiro atoms. The summed E-state index contributed by atoms with van der Waals surface area (Å²) in [4.78, 5) is 40.5. The number of nitrogens with two attached hydrogens (primary N) is 1. The lowest BCUT2D eigenvalue weighted by Crippen LogP contribution is -2.47. The maximum Gasteiger partial charge on any atom is 0.314 e. The maximum atomic E-state index is 12.1. The van der Waals surface area contributed by atoms with E-state index in [4.69, 9.17) is 5.73 Å². The molecule has 2 aliphatic heterocycles. The van der Waals surface area contributed by atoms with Crippen molar-refractivity contribution in [3.63, 3.8) is 0 Å². The van der Waals surface area contributed by atoms with E-state index in [0.29, 0.717) is 31.8 Å². The summed E-state index contributed by atoms with van der Waals surface area (Å²) in [6.45, 7) is 9.56. The number of rotatable bonds is 4. The minimum Gasteiger partial charge on any atom is -0.359 e. The van der Waals surface area contributed by atoms with Gasteiger partial charge in [-0.25, -0.2) is 4.79 Å². The Labute approximate surface area is 246 Å². The molecule has 0 bridgehead atoms. The molecule has 3 aliphatic rings. The fourth-order valence-electron chi connectivity index (χ4n) is 5.23. The Morgan fingerprint density at radius 3 is 2.40 bits per heavy atom. The number of pyridine rings is 1. The average molecular weight is 616 g/mol. The number of amides is 4. The molecular formula is C30H43BrN6O3. The third kappa shape index (κ3) is 9.89. The van der Waals surface area contributed by atoms with Crippen LogP contribution in [0.2, 0.25) is 0 Å². The summed E-state index contributed by atoms with van der Waals surface area (Å²) in [7, 11) is 0. The molecule has 1 aromatic heterocycles. The molecule has 1 aliphatic carbocycles. The number of carbonyl (C=O) groups excluding carboxylic acids is 3. The molecule has 1 aromatic carbocycles. The molecule has 2 aromatic rings. The minimum absolute atomic E-state index is 0.258. The zero-order valence-electron chi connectivity index (χ0n) is 23.8. The molecule has 2 fully saturated rings. The van der Waals surface area contributed by atoms with Gasteiger partial charge in [-0.3, -0.25) is 14.6 Å². The SMILES string of the molecule is CCNC=O.Cc1ccc2c(c1)CCc1cc(Br)cnc1C2.NC(=O)N1CCC(CC(=O)N2CCNCC2)CC1. The maximum absolute atomic E-state index is 12.1. The number of aromatic nitrogens is 1. The van der Waals surface area contributed by atoms with Crippen LogP contribution >= 0.6 is 15.9 Å². The summed E-state index contributed by atoms with van der Waals surface area (Å²) in [5.41, 5.74) is 12.1. The number of piperazine rings is 1. The molecule has 0 unspecified atom stereocenters. The van der Waals surface area contributed by atoms with Crippen molar-refractivity contribution in [3.8, 4) is 0 Å². The Morgan fingerprint density at radius 2 is 1.77 bits per heavy atom. The monoisotopic (exact) mass is 614 g/mol. The largest absolute Gasteiger partial charge is 0.359 e. The molecule has 9 nitrogen and oxygen atoms in total. The van der Waals surface area contributed by atoms with Gasteiger partial charge in [-0.05, 0) is 84.1 Å². The van der Waals surface area contributed by atoms with Crippen molar-refractivity contribution in [2.75, 3.05) is 45.8 Å². The number of benzene rings is 1. The highest BCUT2D eigenvalue weighted by atomic mass is 79.9. The lowest BCUT2D eigenvalue weighted by Gasteiger charge is -2.33. The second kappa shape index (κ2) is 16.3. The Kier molecular flexibility index (Phi) is 12.9. The molecule has 0 atom stereocenters. The minimum atomic E-state index is -0.345. The Morgan fingerprint density at radius 1 is 1.07 bits per heavy atom. The van der Waals surface area contributed by atoms with E-state index in [2.05, 4.69) is 62.7 Å². The van der Waals surface area contributed by atoms with Gasteiger partial charge in [-0.2, -0.15) is 0 Å². The topological polar surface area (TPSA) is 121 Å². The highest BCUT2D eigenvalue weighted by Gasteiger charge is 2.25. The van der Waals surface area contributed by atoms with Gasteiger partial charge in [0.05, 0.1) is 0 Å². The highest BCUT2D eigenvalue weighted by molar-refractivity contribution is 9.10. The Hall–Kier alpha value is -2.98. The lowest BCUT2D eigenvalue weighted by atomic mass is 9.93. The number of piperidine rings is 1. The summed E-state index contributed by atoms with van der Waals surface area (Å²) < 4.78 is 1.08. The van der Waals surface area contributed by atoms with Crippen molar-refractivity contribution in [1.29, 1.82) is 0 Å². The van der Waals surface area contributed by atoms with Crippen LogP contribution in [0, 0.1) is 12.8 Å². The number of aryl methyl sites for hydroxylation is 3. The number of likely N-dealkylation sites (tertiary alicyclic amines) is 1. The molecule has 0 radical (unpaired) electrons. The van der Waals surface area contributed by atoms with Gasteiger partial charge in [0, 0.05) is 75.0 Å². The number of hydrogen-bond acceptors (Lipinski definition) is 5. The van der Waals surface area contributed by atoms with Gasteiger partial charge in [-0.15, -0.1) is 0 Å². The number of urea groups is 1. The van der Waals surface area contributed by atoms with Crippen molar-refractivity contribution < 1.29 is 14.4 Å². The van der Waals surface area contributed by atoms with Crippen molar-refractivity contribution in [2.45, 2.75) is 52.4 Å². The van der Waals surface area contributed by atoms with Gasteiger partial charge < -0.3 is 26.2 Å². The summed E-state index contributed by atoms with van der Waals surface area (Å²) >= 11 is 3.50. The van der Waals surface area contributed by atoms with E-state index in [0.717, 1.165) is 69.3 Å². The fourth-order valence-corrected chi connectivity index (χ4v) is 5.60. The number of halogens is 1. The third-order valence-corrected chi connectivity index (χ3v) is 7.99. The molecular weight excluding hydrogens is 572 g/mol. The molecule has 3 heterocycles. The number of nitrogens with one attached hydrogen (secondary N) is 2. The van der Waals surface area contributed by atoms with Crippen molar-refractivity contribution in [2.24, 2.45) is 11.7 Å². The van der Waals surface area contributed by atoms with Crippen LogP contribution in [0.1, 0.15) is 54.1 Å². The van der Waals surface area contributed by atoms with Crippen molar-refractivity contribution in [1.82, 2.24) is 25.4 Å². The third-order valence-electron chi connectivity index (χ3n) is 7.56. The smallest absolute Gasteiger partial charge is 0.314 e. The van der Waals surface area contributed by atoms with Crippen LogP contribution in [0.4, 0.5) is 4.79 Å². The first kappa shape index (κ1) is 31.5. The fraction of sp³-hybridized carbons (Fsp3) is 0.533. The first-order chi connectivity index (χ1) is 19.3. The highest BCUT2D eigenvalue weighted by Crippen LogP contribution is 2.26. The standard InChI is InChI=1S/C15H14BrN.C12H22N4O2.C3H7NO/c1-10-2-3-12-8-15-13(5-4-11(12)6-10)7-14(16)9-17-15;13-12(18)16-5-1-10(2-6-16)9-11(17)15-7-3-14-4-8-15;1-2-4-3-5/h2-3,6-7,9H,4-5,8H2,1H3;10,14H,1-9H2,(H2,13,18);3H,2H2,1H3,(H,4,5). The second-order valence-corrected chi connectivity index (χ2v) is 11.4. The van der Waals surface area contributed by atoms with Crippen molar-refractivity contribution in [3.05, 3.63) is 62.9 Å². The van der Waals surface area contributed by atoms with Gasteiger partial charge in [0.25, 0.3) is 0 Å². The summed E-state index contributed by atoms with van der Waals surface area (Å²) in [5, 5.41) is 5.67. The summed E-state index contributed by atoms with van der Waals surface area (Å²) in [6, 6.07) is 8.63.